The predicted octanol–water partition coefficient (Wildman–Crippen LogP) is 3.91. The van der Waals surface area contributed by atoms with Gasteiger partial charge in [-0.25, -0.2) is 14.8 Å². The number of imide groups is 1. The molecule has 2 saturated heterocycles. The van der Waals surface area contributed by atoms with Crippen LogP contribution in [0.4, 0.5) is 11.4 Å². The van der Waals surface area contributed by atoms with Gasteiger partial charge < -0.3 is 4.74 Å². The van der Waals surface area contributed by atoms with E-state index in [4.69, 9.17) is 9.57 Å². The Balaban J connectivity index is 1.49. The van der Waals surface area contributed by atoms with E-state index in [0.717, 1.165) is 16.2 Å². The number of hydroxylamine groups is 1. The van der Waals surface area contributed by atoms with Crippen molar-refractivity contribution in [3.63, 3.8) is 0 Å². The van der Waals surface area contributed by atoms with Gasteiger partial charge >= 0.3 is 5.97 Å². The highest BCUT2D eigenvalue weighted by molar-refractivity contribution is 6.24. The monoisotopic (exact) mass is 442 g/mol. The topological polar surface area (TPSA) is 76.2 Å². The molecule has 0 aromatic heterocycles. The average Bonchev–Trinajstić information content (AvgIpc) is 3.36. The second-order valence-electron chi connectivity index (χ2n) is 7.85. The highest BCUT2D eigenvalue weighted by atomic mass is 16.7. The molecule has 3 aromatic carbocycles. The standard InChI is InChI=1S/C26H22N2O5/c1-2-32-26(31)18-13-15-19(16-14-18)27-24(29)21-22(17-9-5-3-6-10-17)28(33-23(21)25(27)30)20-11-7-4-8-12-20/h3-16,21-23H,2H2,1H3. The molecule has 2 aliphatic heterocycles. The summed E-state index contributed by atoms with van der Waals surface area (Å²) in [6.07, 6.45) is -0.937. The lowest BCUT2D eigenvalue weighted by molar-refractivity contribution is -0.126. The summed E-state index contributed by atoms with van der Waals surface area (Å²) < 4.78 is 5.00. The van der Waals surface area contributed by atoms with E-state index in [-0.39, 0.29) is 12.5 Å². The van der Waals surface area contributed by atoms with Crippen molar-refractivity contribution in [2.45, 2.75) is 19.1 Å². The maximum Gasteiger partial charge on any atom is 0.338 e. The maximum absolute atomic E-state index is 13.6. The summed E-state index contributed by atoms with van der Waals surface area (Å²) in [5.74, 6) is -1.91. The van der Waals surface area contributed by atoms with E-state index in [1.54, 1.807) is 36.3 Å². The van der Waals surface area contributed by atoms with Crippen LogP contribution in [-0.4, -0.2) is 30.5 Å². The number of carbonyl (C=O) groups excluding carboxylic acids is 3. The number of hydrogen-bond donors (Lipinski definition) is 0. The number of benzene rings is 3. The number of nitrogens with zero attached hydrogens (tertiary/aromatic N) is 2. The highest BCUT2D eigenvalue weighted by Gasteiger charge is 2.60. The van der Waals surface area contributed by atoms with Gasteiger partial charge in [-0.3, -0.25) is 14.4 Å². The molecule has 0 saturated carbocycles. The molecule has 2 amide bonds. The summed E-state index contributed by atoms with van der Waals surface area (Å²) >= 11 is 0. The first kappa shape index (κ1) is 20.9. The normalized spacial score (nSPS) is 21.9. The zero-order valence-electron chi connectivity index (χ0n) is 18.0. The molecule has 0 spiro atoms. The molecule has 2 aliphatic rings. The number of amides is 2. The minimum absolute atomic E-state index is 0.267. The van der Waals surface area contributed by atoms with E-state index in [1.807, 2.05) is 60.7 Å². The van der Waals surface area contributed by atoms with Crippen molar-refractivity contribution in [3.05, 3.63) is 96.1 Å². The lowest BCUT2D eigenvalue weighted by atomic mass is 9.90. The Kier molecular flexibility index (Phi) is 5.40. The third-order valence-electron chi connectivity index (χ3n) is 5.90. The molecule has 5 rings (SSSR count). The first-order chi connectivity index (χ1) is 16.1. The van der Waals surface area contributed by atoms with Gasteiger partial charge in [0.25, 0.3) is 5.91 Å². The predicted molar refractivity (Wildman–Crippen MR) is 121 cm³/mol. The number of hydrogen-bond acceptors (Lipinski definition) is 6. The van der Waals surface area contributed by atoms with Gasteiger partial charge in [-0.15, -0.1) is 0 Å². The van der Waals surface area contributed by atoms with Crippen LogP contribution in [0.15, 0.2) is 84.9 Å². The SMILES string of the molecule is CCOC(=O)c1ccc(N2C(=O)C3ON(c4ccccc4)C(c4ccccc4)C3C2=O)cc1. The average molecular weight is 442 g/mol. The Morgan fingerprint density at radius 3 is 2.12 bits per heavy atom. The Morgan fingerprint density at radius 1 is 0.848 bits per heavy atom. The van der Waals surface area contributed by atoms with Crippen molar-refractivity contribution in [1.82, 2.24) is 0 Å². The fourth-order valence-electron chi connectivity index (χ4n) is 4.42. The molecule has 3 aromatic rings. The second-order valence-corrected chi connectivity index (χ2v) is 7.85. The summed E-state index contributed by atoms with van der Waals surface area (Å²) in [5.41, 5.74) is 2.41. The van der Waals surface area contributed by atoms with Crippen molar-refractivity contribution in [1.29, 1.82) is 0 Å². The van der Waals surface area contributed by atoms with Crippen LogP contribution in [0, 0.1) is 5.92 Å². The molecule has 0 radical (unpaired) electrons. The van der Waals surface area contributed by atoms with E-state index in [0.29, 0.717) is 11.3 Å². The minimum atomic E-state index is -0.937. The van der Waals surface area contributed by atoms with Gasteiger partial charge in [-0.1, -0.05) is 48.5 Å². The molecule has 166 valence electrons. The van der Waals surface area contributed by atoms with Crippen LogP contribution in [0.25, 0.3) is 0 Å². The molecule has 0 aliphatic carbocycles. The van der Waals surface area contributed by atoms with Gasteiger partial charge in [0.05, 0.1) is 29.6 Å². The van der Waals surface area contributed by atoms with Crippen molar-refractivity contribution in [2.24, 2.45) is 5.92 Å². The number of esters is 1. The van der Waals surface area contributed by atoms with Crippen LogP contribution in [0.3, 0.4) is 0 Å². The molecular weight excluding hydrogens is 420 g/mol. The molecular formula is C26H22N2O5. The van der Waals surface area contributed by atoms with E-state index >= 15 is 0 Å². The molecule has 7 nitrogen and oxygen atoms in total. The van der Waals surface area contributed by atoms with Gasteiger partial charge in [0, 0.05) is 0 Å². The van der Waals surface area contributed by atoms with Crippen LogP contribution in [0.2, 0.25) is 0 Å². The fraction of sp³-hybridized carbons (Fsp3) is 0.192. The summed E-state index contributed by atoms with van der Waals surface area (Å²) in [7, 11) is 0. The van der Waals surface area contributed by atoms with Gasteiger partial charge in [0.15, 0.2) is 6.10 Å². The zero-order chi connectivity index (χ0) is 22.9. The lowest BCUT2D eigenvalue weighted by Gasteiger charge is -2.28. The maximum atomic E-state index is 13.6. The number of fused-ring (bicyclic) bond motifs is 1. The van der Waals surface area contributed by atoms with E-state index < -0.39 is 29.9 Å². The van der Waals surface area contributed by atoms with Gasteiger partial charge in [0.2, 0.25) is 5.91 Å². The van der Waals surface area contributed by atoms with Crippen molar-refractivity contribution in [3.8, 4) is 0 Å². The quantitative estimate of drug-likeness (QED) is 0.441. The Bertz CT molecular complexity index is 1180. The Morgan fingerprint density at radius 2 is 1.48 bits per heavy atom. The number of anilines is 2. The van der Waals surface area contributed by atoms with Crippen molar-refractivity contribution in [2.75, 3.05) is 16.6 Å². The van der Waals surface area contributed by atoms with Gasteiger partial charge in [-0.05, 0) is 48.9 Å². The number of para-hydroxylation sites is 1. The molecule has 2 heterocycles. The third-order valence-corrected chi connectivity index (χ3v) is 5.90. The number of rotatable bonds is 5. The molecule has 3 atom stereocenters. The first-order valence-electron chi connectivity index (χ1n) is 10.8. The number of ether oxygens (including phenoxy) is 1. The summed E-state index contributed by atoms with van der Waals surface area (Å²) in [5, 5.41) is 1.67. The summed E-state index contributed by atoms with van der Waals surface area (Å²) in [4.78, 5) is 46.1. The van der Waals surface area contributed by atoms with E-state index in [9.17, 15) is 14.4 Å². The Labute approximate surface area is 191 Å². The van der Waals surface area contributed by atoms with Crippen molar-refractivity contribution < 1.29 is 24.0 Å². The van der Waals surface area contributed by atoms with E-state index in [2.05, 4.69) is 0 Å². The largest absolute Gasteiger partial charge is 0.462 e. The van der Waals surface area contributed by atoms with Crippen LogP contribution in [-0.2, 0) is 19.2 Å². The summed E-state index contributed by atoms with van der Waals surface area (Å²) in [6, 6.07) is 24.8. The molecule has 0 N–H and O–H groups in total. The smallest absolute Gasteiger partial charge is 0.338 e. The fourth-order valence-corrected chi connectivity index (χ4v) is 4.42. The molecule has 3 unspecified atom stereocenters. The second kappa shape index (κ2) is 8.52. The highest BCUT2D eigenvalue weighted by Crippen LogP contribution is 2.47. The van der Waals surface area contributed by atoms with Crippen LogP contribution in [0.5, 0.6) is 0 Å². The van der Waals surface area contributed by atoms with Gasteiger partial charge in [-0.2, -0.15) is 0 Å². The molecule has 7 heteroatoms. The number of carbonyl (C=O) groups is 3. The third kappa shape index (κ3) is 3.56. The molecule has 2 fully saturated rings. The van der Waals surface area contributed by atoms with Gasteiger partial charge in [0.1, 0.15) is 5.92 Å². The van der Waals surface area contributed by atoms with E-state index in [1.165, 1.54) is 0 Å². The van der Waals surface area contributed by atoms with Crippen LogP contribution >= 0.6 is 0 Å². The molecule has 33 heavy (non-hydrogen) atoms. The minimum Gasteiger partial charge on any atom is -0.462 e. The zero-order valence-corrected chi connectivity index (χ0v) is 18.0. The first-order valence-corrected chi connectivity index (χ1v) is 10.8. The molecule has 0 bridgehead atoms. The lowest BCUT2D eigenvalue weighted by Crippen LogP contribution is -2.37. The summed E-state index contributed by atoms with van der Waals surface area (Å²) in [6.45, 7) is 2.00. The Hall–Kier alpha value is -3.97. The van der Waals surface area contributed by atoms with Crippen LogP contribution in [0.1, 0.15) is 28.9 Å². The van der Waals surface area contributed by atoms with Crippen molar-refractivity contribution >= 4 is 29.2 Å². The van der Waals surface area contributed by atoms with Crippen LogP contribution < -0.4 is 9.96 Å².